The number of hydrogen-bond acceptors (Lipinski definition) is 1. The zero-order valence-electron chi connectivity index (χ0n) is 8.36. The first kappa shape index (κ1) is 10.7. The lowest BCUT2D eigenvalue weighted by atomic mass is 10.2. The van der Waals surface area contributed by atoms with Crippen molar-refractivity contribution < 1.29 is 4.52 Å². The number of rotatable bonds is 5. The summed E-state index contributed by atoms with van der Waals surface area (Å²) in [5.74, 6) is 0. The maximum atomic E-state index is 5.79. The molecule has 0 atom stereocenters. The molecular weight excluding hydrogens is 179 g/mol. The van der Waals surface area contributed by atoms with E-state index in [1.807, 2.05) is 6.07 Å². The lowest BCUT2D eigenvalue weighted by molar-refractivity contribution is 0.342. The normalized spacial score (nSPS) is 10.7. The summed E-state index contributed by atoms with van der Waals surface area (Å²) < 4.78 is 5.79. The molecule has 0 radical (unpaired) electrons. The fourth-order valence-corrected chi connectivity index (χ4v) is 2.29. The summed E-state index contributed by atoms with van der Waals surface area (Å²) in [4.78, 5) is 0. The van der Waals surface area contributed by atoms with Crippen LogP contribution in [0.25, 0.3) is 0 Å². The van der Waals surface area contributed by atoms with E-state index in [4.69, 9.17) is 4.52 Å². The van der Waals surface area contributed by atoms with Crippen LogP contribution in [-0.2, 0) is 11.1 Å². The van der Waals surface area contributed by atoms with Gasteiger partial charge in [0.15, 0.2) is 0 Å². The van der Waals surface area contributed by atoms with Gasteiger partial charge < -0.3 is 4.52 Å². The third-order valence-electron chi connectivity index (χ3n) is 1.96. The quantitative estimate of drug-likeness (QED) is 0.653. The monoisotopic (exact) mass is 196 g/mol. The molecule has 0 N–H and O–H groups in total. The summed E-state index contributed by atoms with van der Waals surface area (Å²) in [5.41, 5.74) is 1.27. The minimum atomic E-state index is -0.180. The standard InChI is InChI=1S/C11H17OP/c1-3-13(4-2)12-10-11-8-6-5-7-9-11/h5-9H,3-4,10H2,1-2H3. The molecule has 0 aliphatic rings. The fraction of sp³-hybridized carbons (Fsp3) is 0.455. The Labute approximate surface area is 82.0 Å². The third-order valence-corrected chi connectivity index (χ3v) is 3.87. The predicted molar refractivity (Wildman–Crippen MR) is 59.2 cm³/mol. The summed E-state index contributed by atoms with van der Waals surface area (Å²) in [6, 6.07) is 10.4. The zero-order valence-corrected chi connectivity index (χ0v) is 9.26. The summed E-state index contributed by atoms with van der Waals surface area (Å²) in [7, 11) is -0.180. The smallest absolute Gasteiger partial charge is 0.0759 e. The van der Waals surface area contributed by atoms with Crippen LogP contribution >= 0.6 is 8.15 Å². The molecule has 0 bridgehead atoms. The van der Waals surface area contributed by atoms with E-state index in [0.29, 0.717) is 0 Å². The summed E-state index contributed by atoms with van der Waals surface area (Å²) in [5, 5.41) is 0. The molecule has 0 aliphatic carbocycles. The van der Waals surface area contributed by atoms with Gasteiger partial charge in [-0.1, -0.05) is 44.2 Å². The predicted octanol–water partition coefficient (Wildman–Crippen LogP) is 3.64. The van der Waals surface area contributed by atoms with Crippen molar-refractivity contribution in [3.05, 3.63) is 35.9 Å². The van der Waals surface area contributed by atoms with Crippen LogP contribution in [-0.4, -0.2) is 12.3 Å². The molecule has 1 nitrogen and oxygen atoms in total. The highest BCUT2D eigenvalue weighted by Gasteiger charge is 2.02. The maximum Gasteiger partial charge on any atom is 0.0759 e. The Balaban J connectivity index is 2.34. The Kier molecular flexibility index (Phi) is 5.03. The Hall–Kier alpha value is -0.390. The topological polar surface area (TPSA) is 9.23 Å². The number of benzene rings is 1. The van der Waals surface area contributed by atoms with Gasteiger partial charge in [-0.3, -0.25) is 0 Å². The van der Waals surface area contributed by atoms with E-state index in [0.717, 1.165) is 6.61 Å². The average molecular weight is 196 g/mol. The highest BCUT2D eigenvalue weighted by Crippen LogP contribution is 2.36. The van der Waals surface area contributed by atoms with E-state index in [2.05, 4.69) is 38.1 Å². The molecule has 0 spiro atoms. The molecule has 1 aromatic rings. The molecule has 0 saturated heterocycles. The second-order valence-corrected chi connectivity index (χ2v) is 5.36. The van der Waals surface area contributed by atoms with Gasteiger partial charge in [0, 0.05) is 8.15 Å². The van der Waals surface area contributed by atoms with E-state index in [1.54, 1.807) is 0 Å². The Morgan fingerprint density at radius 2 is 1.69 bits per heavy atom. The second kappa shape index (κ2) is 6.12. The lowest BCUT2D eigenvalue weighted by Crippen LogP contribution is -1.91. The van der Waals surface area contributed by atoms with Crippen LogP contribution in [0.15, 0.2) is 30.3 Å². The Morgan fingerprint density at radius 3 is 2.23 bits per heavy atom. The van der Waals surface area contributed by atoms with Crippen LogP contribution in [0.1, 0.15) is 19.4 Å². The zero-order chi connectivity index (χ0) is 9.52. The molecule has 0 aromatic heterocycles. The van der Waals surface area contributed by atoms with Crippen molar-refractivity contribution in [3.63, 3.8) is 0 Å². The van der Waals surface area contributed by atoms with Gasteiger partial charge in [0.1, 0.15) is 0 Å². The Bertz CT molecular complexity index is 219. The van der Waals surface area contributed by atoms with Gasteiger partial charge in [0.05, 0.1) is 6.61 Å². The molecule has 2 heteroatoms. The van der Waals surface area contributed by atoms with Gasteiger partial charge in [0.25, 0.3) is 0 Å². The first-order chi connectivity index (χ1) is 6.36. The largest absolute Gasteiger partial charge is 0.355 e. The van der Waals surface area contributed by atoms with E-state index in [9.17, 15) is 0 Å². The van der Waals surface area contributed by atoms with E-state index < -0.39 is 0 Å². The summed E-state index contributed by atoms with van der Waals surface area (Å²) >= 11 is 0. The van der Waals surface area contributed by atoms with Crippen molar-refractivity contribution in [2.75, 3.05) is 12.3 Å². The van der Waals surface area contributed by atoms with Crippen LogP contribution in [0.3, 0.4) is 0 Å². The van der Waals surface area contributed by atoms with Gasteiger partial charge in [0.2, 0.25) is 0 Å². The van der Waals surface area contributed by atoms with Gasteiger partial charge >= 0.3 is 0 Å². The molecular formula is C11H17OP. The van der Waals surface area contributed by atoms with Crippen molar-refractivity contribution in [1.29, 1.82) is 0 Å². The molecule has 0 aliphatic heterocycles. The number of hydrogen-bond donors (Lipinski definition) is 0. The molecule has 0 fully saturated rings. The molecule has 13 heavy (non-hydrogen) atoms. The maximum absolute atomic E-state index is 5.79. The molecule has 0 amide bonds. The SMILES string of the molecule is CCP(CC)OCc1ccccc1. The Morgan fingerprint density at radius 1 is 1.08 bits per heavy atom. The molecule has 1 rings (SSSR count). The van der Waals surface area contributed by atoms with Crippen LogP contribution in [0.4, 0.5) is 0 Å². The van der Waals surface area contributed by atoms with Crippen molar-refractivity contribution in [1.82, 2.24) is 0 Å². The van der Waals surface area contributed by atoms with E-state index >= 15 is 0 Å². The molecule has 0 unspecified atom stereocenters. The summed E-state index contributed by atoms with van der Waals surface area (Å²) in [6.07, 6.45) is 2.33. The molecule has 1 aromatic carbocycles. The van der Waals surface area contributed by atoms with Gasteiger partial charge in [-0.05, 0) is 17.9 Å². The highest BCUT2D eigenvalue weighted by molar-refractivity contribution is 7.52. The van der Waals surface area contributed by atoms with E-state index in [1.165, 1.54) is 17.9 Å². The summed E-state index contributed by atoms with van der Waals surface area (Å²) in [6.45, 7) is 5.16. The van der Waals surface area contributed by atoms with Gasteiger partial charge in [-0.25, -0.2) is 0 Å². The molecule has 72 valence electrons. The van der Waals surface area contributed by atoms with Crippen LogP contribution in [0, 0.1) is 0 Å². The first-order valence-corrected chi connectivity index (χ1v) is 6.41. The van der Waals surface area contributed by atoms with Crippen molar-refractivity contribution in [2.24, 2.45) is 0 Å². The van der Waals surface area contributed by atoms with Gasteiger partial charge in [-0.15, -0.1) is 0 Å². The van der Waals surface area contributed by atoms with Crippen LogP contribution < -0.4 is 0 Å². The van der Waals surface area contributed by atoms with E-state index in [-0.39, 0.29) is 8.15 Å². The minimum absolute atomic E-state index is 0.180. The van der Waals surface area contributed by atoms with Crippen LogP contribution in [0.2, 0.25) is 0 Å². The van der Waals surface area contributed by atoms with Crippen molar-refractivity contribution in [3.8, 4) is 0 Å². The van der Waals surface area contributed by atoms with Crippen molar-refractivity contribution >= 4 is 8.15 Å². The first-order valence-electron chi connectivity index (χ1n) is 4.78. The van der Waals surface area contributed by atoms with Crippen LogP contribution in [0.5, 0.6) is 0 Å². The lowest BCUT2D eigenvalue weighted by Gasteiger charge is -2.13. The second-order valence-electron chi connectivity index (χ2n) is 2.87. The minimum Gasteiger partial charge on any atom is -0.355 e. The average Bonchev–Trinajstić information content (AvgIpc) is 2.21. The highest BCUT2D eigenvalue weighted by atomic mass is 31.1. The molecule has 0 saturated carbocycles. The van der Waals surface area contributed by atoms with Crippen molar-refractivity contribution in [2.45, 2.75) is 20.5 Å². The molecule has 0 heterocycles. The van der Waals surface area contributed by atoms with Gasteiger partial charge in [-0.2, -0.15) is 0 Å². The third kappa shape index (κ3) is 3.89. The fourth-order valence-electron chi connectivity index (χ4n) is 1.15.